The molecule has 1 amide bonds. The summed E-state index contributed by atoms with van der Waals surface area (Å²) < 4.78 is 10.3. The smallest absolute Gasteiger partial charge is 0.413 e. The van der Waals surface area contributed by atoms with Crippen molar-refractivity contribution in [3.05, 3.63) is 0 Å². The molecule has 1 heterocycles. The van der Waals surface area contributed by atoms with E-state index in [4.69, 9.17) is 9.47 Å². The van der Waals surface area contributed by atoms with Crippen molar-refractivity contribution in [2.75, 3.05) is 6.54 Å². The molecule has 0 unspecified atom stereocenters. The van der Waals surface area contributed by atoms with Crippen LogP contribution in [0.4, 0.5) is 4.79 Å². The molecule has 1 aliphatic heterocycles. The Labute approximate surface area is 101 Å². The molecule has 1 saturated heterocycles. The second-order valence-corrected chi connectivity index (χ2v) is 6.00. The van der Waals surface area contributed by atoms with Crippen molar-refractivity contribution >= 4 is 12.6 Å². The van der Waals surface area contributed by atoms with Crippen molar-refractivity contribution in [2.24, 2.45) is 5.41 Å². The van der Waals surface area contributed by atoms with Crippen molar-refractivity contribution in [1.29, 1.82) is 0 Å². The fourth-order valence-electron chi connectivity index (χ4n) is 2.24. The largest absolute Gasteiger partial charge is 0.444 e. The lowest BCUT2D eigenvalue weighted by Crippen LogP contribution is -2.41. The molecule has 96 valence electrons. The molecule has 17 heavy (non-hydrogen) atoms. The second kappa shape index (κ2) is 3.89. The summed E-state index contributed by atoms with van der Waals surface area (Å²) in [4.78, 5) is 23.9. The summed E-state index contributed by atoms with van der Waals surface area (Å²) in [5, 5.41) is 0. The Kier molecular flexibility index (Phi) is 2.79. The first-order chi connectivity index (χ1) is 7.85. The molecule has 5 nitrogen and oxygen atoms in total. The minimum atomic E-state index is -0.526. The summed E-state index contributed by atoms with van der Waals surface area (Å²) in [5.41, 5.74) is -0.341. The van der Waals surface area contributed by atoms with Gasteiger partial charge in [0.05, 0.1) is 0 Å². The van der Waals surface area contributed by atoms with Gasteiger partial charge in [0, 0.05) is 13.0 Å². The Balaban J connectivity index is 2.02. The summed E-state index contributed by atoms with van der Waals surface area (Å²) in [7, 11) is 0. The van der Waals surface area contributed by atoms with Crippen molar-refractivity contribution in [3.63, 3.8) is 0 Å². The molecule has 1 saturated carbocycles. The highest BCUT2D eigenvalue weighted by atomic mass is 16.6. The first kappa shape index (κ1) is 12.2. The van der Waals surface area contributed by atoms with Gasteiger partial charge in [-0.25, -0.2) is 4.79 Å². The average molecular weight is 241 g/mol. The summed E-state index contributed by atoms with van der Waals surface area (Å²) >= 11 is 0. The maximum Gasteiger partial charge on any atom is 0.413 e. The highest BCUT2D eigenvalue weighted by Crippen LogP contribution is 2.55. The van der Waals surface area contributed by atoms with Gasteiger partial charge >= 0.3 is 6.09 Å². The zero-order valence-corrected chi connectivity index (χ0v) is 10.6. The Morgan fingerprint density at radius 1 is 1.41 bits per heavy atom. The number of hydrogen-bond acceptors (Lipinski definition) is 4. The van der Waals surface area contributed by atoms with E-state index in [9.17, 15) is 9.59 Å². The maximum absolute atomic E-state index is 12.0. The number of rotatable bonds is 2. The van der Waals surface area contributed by atoms with E-state index in [0.29, 0.717) is 13.0 Å². The third-order valence-corrected chi connectivity index (χ3v) is 3.26. The van der Waals surface area contributed by atoms with E-state index in [2.05, 4.69) is 0 Å². The first-order valence-corrected chi connectivity index (χ1v) is 5.94. The molecule has 1 aliphatic carbocycles. The standard InChI is InChI=1S/C12H19NO4/c1-11(2,3)17-10(15)13-7-12(4-5-12)6-9(13)16-8-14/h8-9H,4-7H2,1-3H3/t9-/m1/s1. The SMILES string of the molecule is CC(C)(C)OC(=O)N1CC2(CC2)C[C@H]1OC=O. The van der Waals surface area contributed by atoms with Crippen LogP contribution in [-0.2, 0) is 14.3 Å². The lowest BCUT2D eigenvalue weighted by Gasteiger charge is -2.27. The number of ether oxygens (including phenoxy) is 2. The van der Waals surface area contributed by atoms with E-state index in [0.717, 1.165) is 19.3 Å². The number of amides is 1. The van der Waals surface area contributed by atoms with Crippen LogP contribution in [0, 0.1) is 5.41 Å². The Morgan fingerprint density at radius 3 is 2.53 bits per heavy atom. The van der Waals surface area contributed by atoms with Crippen molar-refractivity contribution in [1.82, 2.24) is 4.90 Å². The Morgan fingerprint density at radius 2 is 2.06 bits per heavy atom. The van der Waals surface area contributed by atoms with Gasteiger partial charge in [0.2, 0.25) is 0 Å². The molecule has 0 aromatic rings. The van der Waals surface area contributed by atoms with Gasteiger partial charge in [-0.15, -0.1) is 0 Å². The van der Waals surface area contributed by atoms with Crippen molar-refractivity contribution in [2.45, 2.75) is 51.9 Å². The van der Waals surface area contributed by atoms with Gasteiger partial charge in [-0.2, -0.15) is 0 Å². The molecular formula is C12H19NO4. The topological polar surface area (TPSA) is 55.8 Å². The summed E-state index contributed by atoms with van der Waals surface area (Å²) in [6.07, 6.45) is 2.10. The predicted octanol–water partition coefficient (Wildman–Crippen LogP) is 1.91. The van der Waals surface area contributed by atoms with E-state index < -0.39 is 17.9 Å². The van der Waals surface area contributed by atoms with Crippen LogP contribution in [0.25, 0.3) is 0 Å². The van der Waals surface area contributed by atoms with Gasteiger partial charge < -0.3 is 9.47 Å². The van der Waals surface area contributed by atoms with Gasteiger partial charge in [0.1, 0.15) is 5.60 Å². The van der Waals surface area contributed by atoms with Gasteiger partial charge in [-0.1, -0.05) is 0 Å². The molecule has 0 bridgehead atoms. The lowest BCUT2D eigenvalue weighted by atomic mass is 10.1. The van der Waals surface area contributed by atoms with E-state index >= 15 is 0 Å². The summed E-state index contributed by atoms with van der Waals surface area (Å²) in [6, 6.07) is 0. The highest BCUT2D eigenvalue weighted by Gasteiger charge is 2.55. The van der Waals surface area contributed by atoms with Crippen LogP contribution in [0.15, 0.2) is 0 Å². The lowest BCUT2D eigenvalue weighted by molar-refractivity contribution is -0.139. The number of nitrogens with zero attached hydrogens (tertiary/aromatic N) is 1. The molecule has 2 rings (SSSR count). The fraction of sp³-hybridized carbons (Fsp3) is 0.833. The molecule has 1 atom stereocenters. The minimum absolute atomic E-state index is 0.185. The number of hydrogen-bond donors (Lipinski definition) is 0. The van der Waals surface area contributed by atoms with E-state index in [-0.39, 0.29) is 5.41 Å². The number of carbonyl (C=O) groups excluding carboxylic acids is 2. The molecule has 0 radical (unpaired) electrons. The monoisotopic (exact) mass is 241 g/mol. The third kappa shape index (κ3) is 2.70. The van der Waals surface area contributed by atoms with Crippen LogP contribution < -0.4 is 0 Å². The van der Waals surface area contributed by atoms with Crippen LogP contribution in [0.5, 0.6) is 0 Å². The van der Waals surface area contributed by atoms with Gasteiger partial charge in [-0.3, -0.25) is 9.69 Å². The molecule has 2 fully saturated rings. The second-order valence-electron chi connectivity index (χ2n) is 6.00. The molecule has 5 heteroatoms. The minimum Gasteiger partial charge on any atom is -0.444 e. The normalized spacial score (nSPS) is 25.8. The van der Waals surface area contributed by atoms with Crippen molar-refractivity contribution in [3.8, 4) is 0 Å². The van der Waals surface area contributed by atoms with Crippen LogP contribution in [-0.4, -0.2) is 35.8 Å². The average Bonchev–Trinajstić information content (AvgIpc) is 2.80. The molecule has 1 spiro atoms. The van der Waals surface area contributed by atoms with Crippen LogP contribution >= 0.6 is 0 Å². The molecule has 2 aliphatic rings. The summed E-state index contributed by atoms with van der Waals surface area (Å²) in [6.45, 7) is 6.51. The van der Waals surface area contributed by atoms with E-state index in [1.54, 1.807) is 0 Å². The van der Waals surface area contributed by atoms with E-state index in [1.807, 2.05) is 20.8 Å². The molecule has 0 aromatic carbocycles. The third-order valence-electron chi connectivity index (χ3n) is 3.26. The molecule has 0 N–H and O–H groups in total. The summed E-state index contributed by atoms with van der Waals surface area (Å²) in [5.74, 6) is 0. The zero-order chi connectivity index (χ0) is 12.7. The van der Waals surface area contributed by atoms with E-state index in [1.165, 1.54) is 4.90 Å². The van der Waals surface area contributed by atoms with Crippen LogP contribution in [0.1, 0.15) is 40.0 Å². The molecule has 0 aromatic heterocycles. The van der Waals surface area contributed by atoms with Gasteiger partial charge in [0.25, 0.3) is 6.47 Å². The highest BCUT2D eigenvalue weighted by molar-refractivity contribution is 5.69. The quantitative estimate of drug-likeness (QED) is 0.693. The maximum atomic E-state index is 12.0. The number of carbonyl (C=O) groups is 2. The number of likely N-dealkylation sites (tertiary alicyclic amines) is 1. The first-order valence-electron chi connectivity index (χ1n) is 5.94. The zero-order valence-electron chi connectivity index (χ0n) is 10.6. The Bertz CT molecular complexity index is 330. The molecular weight excluding hydrogens is 222 g/mol. The fourth-order valence-corrected chi connectivity index (χ4v) is 2.24. The Hall–Kier alpha value is -1.26. The predicted molar refractivity (Wildman–Crippen MR) is 60.2 cm³/mol. The van der Waals surface area contributed by atoms with Crippen molar-refractivity contribution < 1.29 is 19.1 Å². The van der Waals surface area contributed by atoms with Gasteiger partial charge in [0.15, 0.2) is 6.23 Å². The van der Waals surface area contributed by atoms with Crippen LogP contribution in [0.3, 0.4) is 0 Å². The van der Waals surface area contributed by atoms with Gasteiger partial charge in [-0.05, 0) is 39.0 Å². The van der Waals surface area contributed by atoms with Crippen LogP contribution in [0.2, 0.25) is 0 Å².